The maximum atomic E-state index is 14.7. The van der Waals surface area contributed by atoms with E-state index in [1.54, 1.807) is 13.0 Å². The van der Waals surface area contributed by atoms with E-state index >= 15 is 0 Å². The number of fused-ring (bicyclic) bond motifs is 1. The summed E-state index contributed by atoms with van der Waals surface area (Å²) >= 11 is 0. The molecule has 0 atom stereocenters. The van der Waals surface area contributed by atoms with Gasteiger partial charge in [0, 0.05) is 29.8 Å². The Bertz CT molecular complexity index is 1520. The fourth-order valence-electron chi connectivity index (χ4n) is 3.34. The molecule has 7 nitrogen and oxygen atoms in total. The number of halogens is 2. The van der Waals surface area contributed by atoms with Gasteiger partial charge >= 0.3 is 5.69 Å². The molecule has 0 unspecified atom stereocenters. The molecule has 0 aliphatic heterocycles. The van der Waals surface area contributed by atoms with Crippen LogP contribution in [-0.4, -0.2) is 16.2 Å². The number of hydrogen-bond donors (Lipinski definition) is 1. The van der Waals surface area contributed by atoms with Gasteiger partial charge in [-0.1, -0.05) is 6.07 Å². The van der Waals surface area contributed by atoms with Gasteiger partial charge in [-0.2, -0.15) is 5.26 Å². The molecule has 0 bridgehead atoms. The van der Waals surface area contributed by atoms with E-state index in [0.29, 0.717) is 21.9 Å². The lowest BCUT2D eigenvalue weighted by Gasteiger charge is -2.16. The highest BCUT2D eigenvalue weighted by Crippen LogP contribution is 2.37. The lowest BCUT2D eigenvalue weighted by atomic mass is 10.0. The van der Waals surface area contributed by atoms with Crippen molar-refractivity contribution < 1.29 is 18.3 Å². The van der Waals surface area contributed by atoms with E-state index in [4.69, 9.17) is 14.7 Å². The minimum absolute atomic E-state index is 0.0254. The van der Waals surface area contributed by atoms with Crippen LogP contribution in [0.3, 0.4) is 0 Å². The minimum atomic E-state index is -0.596. The van der Waals surface area contributed by atoms with Gasteiger partial charge in [-0.15, -0.1) is 0 Å². The number of H-pyrrole nitrogens is 1. The van der Waals surface area contributed by atoms with E-state index in [9.17, 15) is 18.4 Å². The van der Waals surface area contributed by atoms with Crippen LogP contribution < -0.4 is 20.7 Å². The first kappa shape index (κ1) is 21.8. The van der Waals surface area contributed by atoms with Crippen LogP contribution >= 0.6 is 0 Å². The molecule has 1 heterocycles. The monoisotopic (exact) mass is 449 g/mol. The molecule has 0 aliphatic rings. The Morgan fingerprint density at radius 3 is 2.58 bits per heavy atom. The van der Waals surface area contributed by atoms with Crippen LogP contribution in [0.5, 0.6) is 17.2 Å². The van der Waals surface area contributed by atoms with Crippen LogP contribution in [0.25, 0.3) is 10.8 Å². The molecule has 4 rings (SSSR count). The molecule has 4 aromatic rings. The zero-order chi connectivity index (χ0) is 23.5. The van der Waals surface area contributed by atoms with E-state index < -0.39 is 22.9 Å². The number of rotatable bonds is 6. The van der Waals surface area contributed by atoms with Crippen LogP contribution in [0.15, 0.2) is 64.3 Å². The van der Waals surface area contributed by atoms with Crippen LogP contribution in [0.4, 0.5) is 8.78 Å². The van der Waals surface area contributed by atoms with Crippen molar-refractivity contribution in [2.24, 2.45) is 0 Å². The standard InChI is InChI=1S/C24H17F2N3O4/c1-14-18-10-15(13-27)2-4-17(18)19(26)12-21(14)33-20-5-3-16(25)11-22(20)32-9-8-29-7-6-23(30)28-24(29)31/h2-7,10-12H,8-9H2,1H3,(H,28,30,31). The number of aromatic nitrogens is 2. The molecule has 0 radical (unpaired) electrons. The number of benzene rings is 3. The maximum absolute atomic E-state index is 14.7. The topological polar surface area (TPSA) is 97.1 Å². The molecular weight excluding hydrogens is 432 g/mol. The first-order valence-electron chi connectivity index (χ1n) is 9.88. The highest BCUT2D eigenvalue weighted by molar-refractivity contribution is 5.89. The van der Waals surface area contributed by atoms with Crippen molar-refractivity contribution in [1.82, 2.24) is 9.55 Å². The van der Waals surface area contributed by atoms with E-state index in [-0.39, 0.29) is 30.4 Å². The van der Waals surface area contributed by atoms with E-state index in [1.165, 1.54) is 47.2 Å². The van der Waals surface area contributed by atoms with E-state index in [1.807, 2.05) is 6.07 Å². The summed E-state index contributed by atoms with van der Waals surface area (Å²) in [5.41, 5.74) is -0.136. The van der Waals surface area contributed by atoms with E-state index in [2.05, 4.69) is 4.98 Å². The van der Waals surface area contributed by atoms with Crippen molar-refractivity contribution >= 4 is 10.8 Å². The van der Waals surface area contributed by atoms with Gasteiger partial charge < -0.3 is 9.47 Å². The summed E-state index contributed by atoms with van der Waals surface area (Å²) in [4.78, 5) is 25.1. The van der Waals surface area contributed by atoms with Crippen molar-refractivity contribution in [3.63, 3.8) is 0 Å². The summed E-state index contributed by atoms with van der Waals surface area (Å²) in [6.07, 6.45) is 1.32. The smallest absolute Gasteiger partial charge is 0.328 e. The highest BCUT2D eigenvalue weighted by atomic mass is 19.1. The zero-order valence-corrected chi connectivity index (χ0v) is 17.4. The predicted molar refractivity (Wildman–Crippen MR) is 117 cm³/mol. The Morgan fingerprint density at radius 1 is 1.00 bits per heavy atom. The van der Waals surface area contributed by atoms with Crippen molar-refractivity contribution in [3.05, 3.63) is 98.3 Å². The number of nitriles is 1. The number of ether oxygens (including phenoxy) is 2. The molecule has 33 heavy (non-hydrogen) atoms. The van der Waals surface area contributed by atoms with Crippen molar-refractivity contribution in [2.45, 2.75) is 13.5 Å². The molecular formula is C24H17F2N3O4. The highest BCUT2D eigenvalue weighted by Gasteiger charge is 2.15. The van der Waals surface area contributed by atoms with Gasteiger partial charge in [0.25, 0.3) is 5.56 Å². The number of hydrogen-bond acceptors (Lipinski definition) is 5. The van der Waals surface area contributed by atoms with Crippen LogP contribution in [0.1, 0.15) is 11.1 Å². The van der Waals surface area contributed by atoms with Gasteiger partial charge in [0.15, 0.2) is 11.5 Å². The summed E-state index contributed by atoms with van der Waals surface area (Å²) < 4.78 is 41.3. The molecule has 0 spiro atoms. The zero-order valence-electron chi connectivity index (χ0n) is 17.4. The second kappa shape index (κ2) is 8.96. The normalized spacial score (nSPS) is 10.7. The lowest BCUT2D eigenvalue weighted by molar-refractivity contribution is 0.281. The second-order valence-electron chi connectivity index (χ2n) is 7.20. The average Bonchev–Trinajstić information content (AvgIpc) is 2.80. The van der Waals surface area contributed by atoms with Crippen molar-refractivity contribution in [1.29, 1.82) is 5.26 Å². The quantitative estimate of drug-likeness (QED) is 0.480. The first-order valence-corrected chi connectivity index (χ1v) is 9.88. The largest absolute Gasteiger partial charge is 0.488 e. The summed E-state index contributed by atoms with van der Waals surface area (Å²) in [7, 11) is 0. The minimum Gasteiger partial charge on any atom is -0.488 e. The van der Waals surface area contributed by atoms with Gasteiger partial charge in [-0.05, 0) is 42.1 Å². The van der Waals surface area contributed by atoms with E-state index in [0.717, 1.165) is 6.07 Å². The molecule has 0 saturated carbocycles. The van der Waals surface area contributed by atoms with Crippen LogP contribution in [0, 0.1) is 29.9 Å². The molecule has 9 heteroatoms. The van der Waals surface area contributed by atoms with Gasteiger partial charge in [-0.3, -0.25) is 14.3 Å². The SMILES string of the molecule is Cc1c(Oc2ccc(F)cc2OCCn2ccc(=O)[nH]c2=O)cc(F)c2ccc(C#N)cc12. The molecule has 166 valence electrons. The van der Waals surface area contributed by atoms with Gasteiger partial charge in [-0.25, -0.2) is 13.6 Å². The molecule has 0 aliphatic carbocycles. The lowest BCUT2D eigenvalue weighted by Crippen LogP contribution is -2.30. The molecule has 1 N–H and O–H groups in total. The predicted octanol–water partition coefficient (Wildman–Crippen LogP) is 4.02. The third kappa shape index (κ3) is 4.60. The number of nitrogens with one attached hydrogen (secondary N) is 1. The second-order valence-corrected chi connectivity index (χ2v) is 7.20. The van der Waals surface area contributed by atoms with Gasteiger partial charge in [0.1, 0.15) is 24.0 Å². The average molecular weight is 449 g/mol. The Morgan fingerprint density at radius 2 is 1.82 bits per heavy atom. The van der Waals surface area contributed by atoms with Gasteiger partial charge in [0.2, 0.25) is 0 Å². The molecule has 3 aromatic carbocycles. The van der Waals surface area contributed by atoms with Crippen LogP contribution in [-0.2, 0) is 6.54 Å². The molecule has 0 amide bonds. The molecule has 1 aromatic heterocycles. The van der Waals surface area contributed by atoms with Gasteiger partial charge in [0.05, 0.1) is 18.2 Å². The van der Waals surface area contributed by atoms with Crippen molar-refractivity contribution in [3.8, 4) is 23.3 Å². The fraction of sp³-hybridized carbons (Fsp3) is 0.125. The summed E-state index contributed by atoms with van der Waals surface area (Å²) in [6, 6.07) is 12.7. The Hall–Kier alpha value is -4.45. The third-order valence-electron chi connectivity index (χ3n) is 5.05. The van der Waals surface area contributed by atoms with Crippen LogP contribution in [0.2, 0.25) is 0 Å². The summed E-state index contributed by atoms with van der Waals surface area (Å²) in [5.74, 6) is -0.721. The number of nitrogens with zero attached hydrogens (tertiary/aromatic N) is 2. The summed E-state index contributed by atoms with van der Waals surface area (Å²) in [6.45, 7) is 1.79. The number of aromatic amines is 1. The first-order chi connectivity index (χ1) is 15.9. The van der Waals surface area contributed by atoms with Crippen molar-refractivity contribution in [2.75, 3.05) is 6.61 Å². The maximum Gasteiger partial charge on any atom is 0.328 e. The third-order valence-corrected chi connectivity index (χ3v) is 5.05. The molecule has 0 saturated heterocycles. The summed E-state index contributed by atoms with van der Waals surface area (Å²) in [5, 5.41) is 10.0. The Labute approximate surface area is 186 Å². The number of aryl methyl sites for hydroxylation is 1. The fourth-order valence-corrected chi connectivity index (χ4v) is 3.34. The Balaban J connectivity index is 1.62. The Kier molecular flexibility index (Phi) is 5.91. The molecule has 0 fully saturated rings.